The van der Waals surface area contributed by atoms with Crippen molar-refractivity contribution in [3.63, 3.8) is 0 Å². The van der Waals surface area contributed by atoms with Crippen LogP contribution in [0.1, 0.15) is 339 Å². The topological polar surface area (TPSA) is 423 Å². The Kier molecular flexibility index (Phi) is 58.2. The first-order chi connectivity index (χ1) is 56.2. The number of carbonyl (C=O) groups is 7. The number of hydrogen-bond acceptors (Lipinski definition) is 21. The number of rotatable bonds is 7. The lowest BCUT2D eigenvalue weighted by Crippen LogP contribution is -2.49. The van der Waals surface area contributed by atoms with Crippen LogP contribution < -0.4 is 77.4 Å². The number of allylic oxidation sites excluding steroid dienone is 7. The van der Waals surface area contributed by atoms with E-state index in [1.165, 1.54) is 35.3 Å². The first-order valence-corrected chi connectivity index (χ1v) is 47.4. The second-order valence-corrected chi connectivity index (χ2v) is 44.3. The molecule has 7 aliphatic rings. The fraction of sp³-hybridized carbons (Fsp3) is 0.774. The summed E-state index contributed by atoms with van der Waals surface area (Å²) in [5.41, 5.74) is 40.6. The van der Waals surface area contributed by atoms with Crippen molar-refractivity contribution in [2.75, 3.05) is 0 Å². The average Bonchev–Trinajstić information content (AvgIpc) is 0.923. The van der Waals surface area contributed by atoms with Crippen LogP contribution >= 0.6 is 35.3 Å². The summed E-state index contributed by atoms with van der Waals surface area (Å²) in [5, 5.41) is 20.7. The van der Waals surface area contributed by atoms with Gasteiger partial charge in [-0.05, 0) is 263 Å². The second kappa shape index (κ2) is 61.0. The molecule has 0 unspecified atom stereocenters. The number of ether oxygens (including phenoxy) is 4. The Labute approximate surface area is 746 Å². The number of amides is 7. The van der Waals surface area contributed by atoms with Crippen LogP contribution in [0.4, 0.5) is 33.6 Å². The molecule has 0 saturated carbocycles. The van der Waals surface area contributed by atoms with E-state index in [2.05, 4.69) is 122 Å². The monoisotopic (exact) mass is 1760 g/mol. The van der Waals surface area contributed by atoms with Crippen molar-refractivity contribution in [1.82, 2.24) is 37.2 Å². The molecule has 25 nitrogen and oxygen atoms in total. The molecule has 0 aromatic heterocycles. The van der Waals surface area contributed by atoms with Crippen LogP contribution in [0.2, 0.25) is 0 Å². The van der Waals surface area contributed by atoms with Crippen molar-refractivity contribution in [3.05, 3.63) is 85.1 Å². The molecule has 7 rings (SSSR count). The summed E-state index contributed by atoms with van der Waals surface area (Å²) in [5.74, 6) is 0. The first-order valence-electron chi connectivity index (χ1n) is 45.0. The van der Waals surface area contributed by atoms with E-state index >= 15 is 0 Å². The zero-order valence-corrected chi connectivity index (χ0v) is 81.7. The normalized spacial score (nSPS) is 27.5. The highest BCUT2D eigenvalue weighted by Crippen LogP contribution is 2.29. The zero-order chi connectivity index (χ0) is 92.2. The lowest BCUT2D eigenvalue weighted by molar-refractivity contribution is 0.0481. The molecule has 0 saturated heterocycles. The van der Waals surface area contributed by atoms with Crippen LogP contribution in [0.15, 0.2) is 85.1 Å². The molecular formula is C93H174N14O11S3. The minimum atomic E-state index is -0.467. The van der Waals surface area contributed by atoms with Gasteiger partial charge in [0, 0.05) is 86.7 Å². The maximum Gasteiger partial charge on any atom is 0.407 e. The molecular weight excluding hydrogens is 1590 g/mol. The minimum Gasteiger partial charge on any atom is -0.444 e. The van der Waals surface area contributed by atoms with Gasteiger partial charge in [-0.25, -0.2) is 19.2 Å². The molecule has 121 heavy (non-hydrogen) atoms. The predicted octanol–water partition coefficient (Wildman–Crippen LogP) is 19.5. The van der Waals surface area contributed by atoms with Crippen molar-refractivity contribution >= 4 is 75.4 Å². The van der Waals surface area contributed by atoms with E-state index in [-0.39, 0.29) is 139 Å². The Bertz CT molecular complexity index is 2750. The molecule has 28 heteroatoms. The number of thioether (sulfide) groups is 3. The van der Waals surface area contributed by atoms with Gasteiger partial charge in [-0.3, -0.25) is 14.4 Å². The van der Waals surface area contributed by atoms with E-state index in [4.69, 9.17) is 59.1 Å². The van der Waals surface area contributed by atoms with Crippen LogP contribution in [0.3, 0.4) is 0 Å². The molecule has 0 aromatic rings. The van der Waals surface area contributed by atoms with Gasteiger partial charge in [-0.15, -0.1) is 0 Å². The lowest BCUT2D eigenvalue weighted by Gasteiger charge is -2.27. The van der Waals surface area contributed by atoms with E-state index in [0.717, 1.165) is 180 Å². The van der Waals surface area contributed by atoms with Crippen LogP contribution in [0.25, 0.3) is 0 Å². The molecule has 0 fully saturated rings. The lowest BCUT2D eigenvalue weighted by atomic mass is 9.97. The summed E-state index contributed by atoms with van der Waals surface area (Å²) in [7, 11) is 0. The van der Waals surface area contributed by atoms with E-state index in [1.54, 1.807) is 0 Å². The van der Waals surface area contributed by atoms with Gasteiger partial charge in [0.05, 0.1) is 12.1 Å². The Morgan fingerprint density at radius 1 is 0.240 bits per heavy atom. The predicted molar refractivity (Wildman–Crippen MR) is 512 cm³/mol. The maximum atomic E-state index is 11.8. The number of hydrogen-bond donors (Lipinski definition) is 14. The highest BCUT2D eigenvalue weighted by molar-refractivity contribution is 8.15. The summed E-state index contributed by atoms with van der Waals surface area (Å²) in [4.78, 5) is 82.2. The van der Waals surface area contributed by atoms with Crippen molar-refractivity contribution in [2.24, 2.45) is 40.1 Å². The van der Waals surface area contributed by atoms with Crippen LogP contribution in [0.5, 0.6) is 0 Å². The van der Waals surface area contributed by atoms with Gasteiger partial charge in [0.25, 0.3) is 15.7 Å². The molecule has 0 radical (unpaired) electrons. The van der Waals surface area contributed by atoms with E-state index in [0.29, 0.717) is 0 Å². The number of nitrogens with two attached hydrogens (primary N) is 7. The van der Waals surface area contributed by atoms with Crippen molar-refractivity contribution in [1.29, 1.82) is 0 Å². The van der Waals surface area contributed by atoms with Crippen LogP contribution in [0, 0.1) is 0 Å². The fourth-order valence-corrected chi connectivity index (χ4v) is 15.2. The fourth-order valence-electron chi connectivity index (χ4n) is 12.9. The largest absolute Gasteiger partial charge is 0.444 e. The Balaban J connectivity index is 0.00000138. The zero-order valence-electron chi connectivity index (χ0n) is 79.2. The summed E-state index contributed by atoms with van der Waals surface area (Å²) in [6.07, 6.45) is 55.8. The number of carbonyl (C=O) groups excluding carboxylic acids is 7. The van der Waals surface area contributed by atoms with Crippen molar-refractivity contribution in [3.8, 4) is 0 Å². The van der Waals surface area contributed by atoms with Crippen LogP contribution in [-0.2, 0) is 18.9 Å². The molecule has 700 valence electrons. The third-order valence-electron chi connectivity index (χ3n) is 18.8. The average molecular weight is 1760 g/mol. The van der Waals surface area contributed by atoms with E-state index in [9.17, 15) is 33.6 Å². The van der Waals surface area contributed by atoms with Gasteiger partial charge >= 0.3 is 24.4 Å². The van der Waals surface area contributed by atoms with Crippen LogP contribution in [-0.4, -0.2) is 161 Å². The molecule has 0 aromatic carbocycles. The first kappa shape index (κ1) is 115. The summed E-state index contributed by atoms with van der Waals surface area (Å²) >= 11 is 4.02. The van der Waals surface area contributed by atoms with Gasteiger partial charge in [0.1, 0.15) is 22.4 Å². The summed E-state index contributed by atoms with van der Waals surface area (Å²) in [6.45, 7) is 44.6. The van der Waals surface area contributed by atoms with E-state index < -0.39 is 22.4 Å². The quantitative estimate of drug-likeness (QED) is 0.0831. The SMILES string of the molecule is CC.CC(C)(C)OC(=O)N[C@@H]1C/C=C/CCC[C@H]1N.CC(C)(C)OC(=O)N[C@@H]1CCC/C=C/C[C@@H]1N.CC(C)(C)OC(=O)N[C@@H]1CCC/C=C/C[C@H]1N.CC(C)(C)OC(=O)N[C@H]1C/C=C/CCC[C@H]1N.CC(C)(C)SC(=O)N[C@@H]1CCC/C=C/C[C@@H]1N.CC(C)(C)SC(=O)N[C@@H]1CCC/C=C/C[C@H]1N.CC(C)(C)SC(=O)N[C@H]1C/C=C/CCC[C@H]1N. The van der Waals surface area contributed by atoms with Gasteiger partial charge in [-0.1, -0.05) is 197 Å². The van der Waals surface area contributed by atoms with E-state index in [1.807, 2.05) is 159 Å². The Hall–Kier alpha value is -5.56. The highest BCUT2D eigenvalue weighted by atomic mass is 32.2. The summed E-state index contributed by atoms with van der Waals surface area (Å²) < 4.78 is 20.8. The molecule has 0 spiro atoms. The third kappa shape index (κ3) is 65.7. The molecule has 7 amide bonds. The highest BCUT2D eigenvalue weighted by Gasteiger charge is 2.31. The van der Waals surface area contributed by atoms with Gasteiger partial charge in [-0.2, -0.15) is 0 Å². The Morgan fingerprint density at radius 3 is 0.603 bits per heavy atom. The molecule has 21 N–H and O–H groups in total. The molecule has 0 heterocycles. The smallest absolute Gasteiger partial charge is 0.407 e. The molecule has 7 aliphatic carbocycles. The Morgan fingerprint density at radius 2 is 0.405 bits per heavy atom. The standard InChI is InChI=1S/4C13H24N2O2.3C13H24N2OS.C2H6/c7*1-13(2,3)17-12(16)15-11-9-7-5-4-6-8-10(11)14;1-2/h2*5,7,10-11H,4,6,8-9,14H2,1-3H3,(H,15,16);2*4,6,10-11H,5,7-9,14H2,1-3H3,(H,15,16);5,7,10-11H,4,6,8-9,14H2,1-3H3,(H,15,16);2*4,6,10-11H,5,7-9,14H2,1-3H3,(H,15,16);1-2H3/b2*7-5+;2*6-4+;7-5+;2*6-4+;/t10-,11+;10-,11-;10-,11+;10-,11-;2*10-,11+;10-,11-;/m1101101./s1. The molecule has 14 atom stereocenters. The van der Waals surface area contributed by atoms with Gasteiger partial charge < -0.3 is 96.3 Å². The van der Waals surface area contributed by atoms with Crippen molar-refractivity contribution < 1.29 is 52.5 Å². The minimum absolute atomic E-state index is 0.00692. The maximum absolute atomic E-state index is 11.8. The van der Waals surface area contributed by atoms with Gasteiger partial charge in [0.15, 0.2) is 0 Å². The van der Waals surface area contributed by atoms with Crippen molar-refractivity contribution in [2.45, 2.75) is 460 Å². The summed E-state index contributed by atoms with van der Waals surface area (Å²) in [6, 6.07) is 0.376. The number of nitrogens with one attached hydrogen (secondary N) is 7. The van der Waals surface area contributed by atoms with Gasteiger partial charge in [0.2, 0.25) is 0 Å². The molecule has 0 bridgehead atoms. The number of alkyl carbamates (subject to hydrolysis) is 4. The molecule has 0 aliphatic heterocycles. The second-order valence-electron chi connectivity index (χ2n) is 38.9. The third-order valence-corrected chi connectivity index (χ3v) is 21.5.